The number of methoxy groups -OCH3 is 1. The number of ether oxygens (including phenoxy) is 1. The maximum atomic E-state index is 9.41. The van der Waals surface area contributed by atoms with Crippen LogP contribution in [0.15, 0.2) is 24.3 Å². The third kappa shape index (κ3) is 2.70. The van der Waals surface area contributed by atoms with E-state index in [9.17, 15) is 5.11 Å². The molecule has 1 aromatic carbocycles. The highest BCUT2D eigenvalue weighted by molar-refractivity contribution is 5.28. The van der Waals surface area contributed by atoms with Gasteiger partial charge in [-0.1, -0.05) is 12.1 Å². The minimum absolute atomic E-state index is 0.143. The second kappa shape index (κ2) is 4.64. The van der Waals surface area contributed by atoms with Crippen molar-refractivity contribution >= 4 is 0 Å². The molecule has 0 bridgehead atoms. The van der Waals surface area contributed by atoms with Crippen LogP contribution in [0, 0.1) is 0 Å². The highest BCUT2D eigenvalue weighted by atomic mass is 16.5. The zero-order chi connectivity index (χ0) is 10.7. The number of aliphatic hydroxyl groups is 1. The zero-order valence-electron chi connectivity index (χ0n) is 9.02. The summed E-state index contributed by atoms with van der Waals surface area (Å²) < 4.78 is 5.17. The lowest BCUT2D eigenvalue weighted by molar-refractivity contribution is 0.175. The van der Waals surface area contributed by atoms with Crippen LogP contribution in [0.3, 0.4) is 0 Å². The fourth-order valence-corrected chi connectivity index (χ4v) is 1.98. The molecule has 3 nitrogen and oxygen atoms in total. The average Bonchev–Trinajstić information content (AvgIpc) is 2.64. The van der Waals surface area contributed by atoms with Gasteiger partial charge in [-0.2, -0.15) is 0 Å². The molecule has 1 aliphatic heterocycles. The Morgan fingerprint density at radius 2 is 2.40 bits per heavy atom. The number of rotatable bonds is 3. The molecule has 1 saturated heterocycles. The van der Waals surface area contributed by atoms with E-state index in [-0.39, 0.29) is 6.10 Å². The fourth-order valence-electron chi connectivity index (χ4n) is 1.98. The Bertz CT molecular complexity index is 327. The van der Waals surface area contributed by atoms with Gasteiger partial charge in [0.25, 0.3) is 0 Å². The molecule has 0 aliphatic carbocycles. The molecule has 0 radical (unpaired) electrons. The Morgan fingerprint density at radius 1 is 1.53 bits per heavy atom. The first-order valence-electron chi connectivity index (χ1n) is 5.31. The van der Waals surface area contributed by atoms with Crippen molar-refractivity contribution in [2.24, 2.45) is 0 Å². The van der Waals surface area contributed by atoms with E-state index in [1.165, 1.54) is 5.56 Å². The monoisotopic (exact) mass is 207 g/mol. The summed E-state index contributed by atoms with van der Waals surface area (Å²) in [5.41, 5.74) is 1.24. The van der Waals surface area contributed by atoms with E-state index in [0.717, 1.165) is 31.8 Å². The topological polar surface area (TPSA) is 32.7 Å². The maximum absolute atomic E-state index is 9.41. The third-order valence-electron chi connectivity index (χ3n) is 2.79. The van der Waals surface area contributed by atoms with E-state index in [0.29, 0.717) is 0 Å². The number of β-amino-alcohol motifs (C(OH)–C–C–N with tert-alkyl or cyclic N) is 1. The Labute approximate surface area is 90.3 Å². The third-order valence-corrected chi connectivity index (χ3v) is 2.79. The van der Waals surface area contributed by atoms with Gasteiger partial charge in [-0.05, 0) is 24.1 Å². The van der Waals surface area contributed by atoms with Crippen LogP contribution in [0.1, 0.15) is 12.0 Å². The van der Waals surface area contributed by atoms with Gasteiger partial charge >= 0.3 is 0 Å². The minimum atomic E-state index is -0.143. The van der Waals surface area contributed by atoms with E-state index in [1.807, 2.05) is 18.2 Å². The molecule has 1 fully saturated rings. The van der Waals surface area contributed by atoms with Gasteiger partial charge in [-0.3, -0.25) is 4.90 Å². The fraction of sp³-hybridized carbons (Fsp3) is 0.500. The summed E-state index contributed by atoms with van der Waals surface area (Å²) in [5, 5.41) is 9.41. The van der Waals surface area contributed by atoms with E-state index in [1.54, 1.807) is 7.11 Å². The number of nitrogens with zero attached hydrogens (tertiary/aromatic N) is 1. The van der Waals surface area contributed by atoms with Gasteiger partial charge in [0.2, 0.25) is 0 Å². The second-order valence-corrected chi connectivity index (χ2v) is 4.03. The van der Waals surface area contributed by atoms with Crippen LogP contribution >= 0.6 is 0 Å². The van der Waals surface area contributed by atoms with Gasteiger partial charge in [-0.15, -0.1) is 0 Å². The summed E-state index contributed by atoms with van der Waals surface area (Å²) in [6, 6.07) is 8.08. The molecule has 3 heteroatoms. The second-order valence-electron chi connectivity index (χ2n) is 4.03. The largest absolute Gasteiger partial charge is 0.497 e. The number of hydrogen-bond donors (Lipinski definition) is 1. The molecule has 1 heterocycles. The van der Waals surface area contributed by atoms with Crippen molar-refractivity contribution in [3.8, 4) is 5.75 Å². The Kier molecular flexibility index (Phi) is 3.23. The molecular formula is C12H17NO2. The summed E-state index contributed by atoms with van der Waals surface area (Å²) >= 11 is 0. The predicted octanol–water partition coefficient (Wildman–Crippen LogP) is 1.26. The molecule has 0 amide bonds. The smallest absolute Gasteiger partial charge is 0.119 e. The molecule has 1 N–H and O–H groups in total. The van der Waals surface area contributed by atoms with Crippen LogP contribution < -0.4 is 4.74 Å². The van der Waals surface area contributed by atoms with Gasteiger partial charge < -0.3 is 9.84 Å². The van der Waals surface area contributed by atoms with Crippen molar-refractivity contribution in [1.29, 1.82) is 0 Å². The normalized spacial score (nSPS) is 21.9. The van der Waals surface area contributed by atoms with Gasteiger partial charge in [0.15, 0.2) is 0 Å². The first kappa shape index (κ1) is 10.5. The summed E-state index contributed by atoms with van der Waals surface area (Å²) in [5.74, 6) is 0.896. The molecular weight excluding hydrogens is 190 g/mol. The summed E-state index contributed by atoms with van der Waals surface area (Å²) in [4.78, 5) is 2.26. The van der Waals surface area contributed by atoms with Crippen LogP contribution in [0.2, 0.25) is 0 Å². The van der Waals surface area contributed by atoms with Crippen LogP contribution in [0.25, 0.3) is 0 Å². The van der Waals surface area contributed by atoms with Gasteiger partial charge in [0.05, 0.1) is 13.2 Å². The lowest BCUT2D eigenvalue weighted by Gasteiger charge is -2.15. The lowest BCUT2D eigenvalue weighted by Crippen LogP contribution is -2.21. The first-order chi connectivity index (χ1) is 7.28. The van der Waals surface area contributed by atoms with E-state index in [4.69, 9.17) is 4.74 Å². The van der Waals surface area contributed by atoms with Crippen molar-refractivity contribution in [3.05, 3.63) is 29.8 Å². The molecule has 82 valence electrons. The van der Waals surface area contributed by atoms with Crippen LogP contribution in [0.5, 0.6) is 5.75 Å². The molecule has 0 unspecified atom stereocenters. The molecule has 0 spiro atoms. The molecule has 1 aromatic rings. The SMILES string of the molecule is COc1cccc(CN2CC[C@H](O)C2)c1. The van der Waals surface area contributed by atoms with Gasteiger partial charge in [-0.25, -0.2) is 0 Å². The van der Waals surface area contributed by atoms with E-state index in [2.05, 4.69) is 11.0 Å². The van der Waals surface area contributed by atoms with Crippen LogP contribution in [-0.2, 0) is 6.54 Å². The Hall–Kier alpha value is -1.06. The molecule has 1 aliphatic rings. The lowest BCUT2D eigenvalue weighted by atomic mass is 10.2. The quantitative estimate of drug-likeness (QED) is 0.810. The summed E-state index contributed by atoms with van der Waals surface area (Å²) in [6.07, 6.45) is 0.750. The summed E-state index contributed by atoms with van der Waals surface area (Å²) in [7, 11) is 1.68. The molecule has 0 saturated carbocycles. The van der Waals surface area contributed by atoms with Crippen LogP contribution in [-0.4, -0.2) is 36.3 Å². The number of hydrogen-bond acceptors (Lipinski definition) is 3. The van der Waals surface area contributed by atoms with Crippen LogP contribution in [0.4, 0.5) is 0 Å². The molecule has 15 heavy (non-hydrogen) atoms. The Balaban J connectivity index is 1.98. The van der Waals surface area contributed by atoms with Crippen molar-refractivity contribution in [3.63, 3.8) is 0 Å². The molecule has 0 aromatic heterocycles. The van der Waals surface area contributed by atoms with Crippen molar-refractivity contribution in [1.82, 2.24) is 4.90 Å². The van der Waals surface area contributed by atoms with Gasteiger partial charge in [0.1, 0.15) is 5.75 Å². The average molecular weight is 207 g/mol. The van der Waals surface area contributed by atoms with Gasteiger partial charge in [0, 0.05) is 19.6 Å². The Morgan fingerprint density at radius 3 is 3.07 bits per heavy atom. The van der Waals surface area contributed by atoms with E-state index < -0.39 is 0 Å². The van der Waals surface area contributed by atoms with Crippen molar-refractivity contribution in [2.75, 3.05) is 20.2 Å². The minimum Gasteiger partial charge on any atom is -0.497 e. The predicted molar refractivity (Wildman–Crippen MR) is 58.9 cm³/mol. The maximum Gasteiger partial charge on any atom is 0.119 e. The van der Waals surface area contributed by atoms with Crippen molar-refractivity contribution < 1.29 is 9.84 Å². The van der Waals surface area contributed by atoms with E-state index >= 15 is 0 Å². The summed E-state index contributed by atoms with van der Waals surface area (Å²) in [6.45, 7) is 2.67. The molecule has 1 atom stereocenters. The number of aliphatic hydroxyl groups excluding tert-OH is 1. The number of likely N-dealkylation sites (tertiary alicyclic amines) is 1. The molecule has 2 rings (SSSR count). The zero-order valence-corrected chi connectivity index (χ0v) is 9.02. The highest BCUT2D eigenvalue weighted by Gasteiger charge is 2.19. The first-order valence-corrected chi connectivity index (χ1v) is 5.31. The number of benzene rings is 1. The highest BCUT2D eigenvalue weighted by Crippen LogP contribution is 2.17. The standard InChI is InChI=1S/C12H17NO2/c1-15-12-4-2-3-10(7-12)8-13-6-5-11(14)9-13/h2-4,7,11,14H,5-6,8-9H2,1H3/t11-/m0/s1. The van der Waals surface area contributed by atoms with Crippen molar-refractivity contribution in [2.45, 2.75) is 19.1 Å².